The summed E-state index contributed by atoms with van der Waals surface area (Å²) in [5.41, 5.74) is -4.61. The van der Waals surface area contributed by atoms with Crippen molar-refractivity contribution in [1.82, 2.24) is 29.7 Å². The van der Waals surface area contributed by atoms with E-state index in [2.05, 4.69) is 20.3 Å². The number of rotatable bonds is 8. The Morgan fingerprint density at radius 2 is 2.02 bits per heavy atom. The maximum Gasteiger partial charge on any atom is 0.397 e. The highest BCUT2D eigenvalue weighted by molar-refractivity contribution is 7.90. The van der Waals surface area contributed by atoms with Gasteiger partial charge in [-0.05, 0) is 58.9 Å². The molecule has 1 aliphatic rings. The molecule has 0 radical (unpaired) electrons. The maximum absolute atomic E-state index is 14.0. The van der Waals surface area contributed by atoms with Crippen LogP contribution in [0.1, 0.15) is 65.2 Å². The summed E-state index contributed by atoms with van der Waals surface area (Å²) in [6.07, 6.45) is -2.70. The third-order valence-electron chi connectivity index (χ3n) is 6.45. The number of hydrogen-bond donors (Lipinski definition) is 2. The molecule has 1 saturated heterocycles. The number of nitrogens with one attached hydrogen (secondary N) is 2. The van der Waals surface area contributed by atoms with Crippen LogP contribution in [0.2, 0.25) is 0 Å². The second-order valence-electron chi connectivity index (χ2n) is 10.4. The zero-order valence-electron chi connectivity index (χ0n) is 28.0. The quantitative estimate of drug-likeness (QED) is 0.403. The van der Waals surface area contributed by atoms with Crippen LogP contribution >= 0.6 is 0 Å². The molecule has 3 aromatic rings. The standard InChI is InChI=1S/C25H32F3N7O4S/c1-15-11-24(5,6)34(13-15)21-17(22(36)33-40(37,38)18-12-29-31-16(18)2)7-8-19(30-21)35-10-9-20(32-35)39-14-23(3,4)25(26,27)28/h7-10,12,15H,11,13-14H2,1-6H3,(H,29,31)(H,33,36)/t15-/m0/s1/i3D3,4D3. The number of anilines is 1. The number of sulfonamides is 1. The van der Waals surface area contributed by atoms with Crippen molar-refractivity contribution < 1.29 is 39.3 Å². The molecule has 3 aromatic heterocycles. The number of aromatic amines is 1. The maximum atomic E-state index is 14.0. The van der Waals surface area contributed by atoms with Crippen LogP contribution in [0, 0.1) is 18.3 Å². The van der Waals surface area contributed by atoms with Gasteiger partial charge in [-0.2, -0.15) is 18.3 Å². The number of ether oxygens (including phenoxy) is 1. The Hall–Kier alpha value is -3.62. The molecular weight excluding hydrogens is 551 g/mol. The van der Waals surface area contributed by atoms with E-state index in [1.807, 2.05) is 30.4 Å². The van der Waals surface area contributed by atoms with Gasteiger partial charge in [0.2, 0.25) is 5.88 Å². The second-order valence-corrected chi connectivity index (χ2v) is 12.0. The Morgan fingerprint density at radius 1 is 1.30 bits per heavy atom. The minimum absolute atomic E-state index is 0.0408. The van der Waals surface area contributed by atoms with Crippen molar-refractivity contribution in [3.05, 3.63) is 41.9 Å². The van der Waals surface area contributed by atoms with Crippen LogP contribution in [0.3, 0.4) is 0 Å². The number of amides is 1. The molecule has 0 saturated carbocycles. The van der Waals surface area contributed by atoms with Crippen LogP contribution in [-0.4, -0.2) is 64.2 Å². The Kier molecular flexibility index (Phi) is 5.58. The summed E-state index contributed by atoms with van der Waals surface area (Å²) in [6.45, 7) is -2.03. The molecule has 11 nitrogen and oxygen atoms in total. The minimum Gasteiger partial charge on any atom is -0.476 e. The third-order valence-corrected chi connectivity index (χ3v) is 7.90. The van der Waals surface area contributed by atoms with Gasteiger partial charge < -0.3 is 9.64 Å². The van der Waals surface area contributed by atoms with Crippen molar-refractivity contribution in [3.63, 3.8) is 0 Å². The van der Waals surface area contributed by atoms with Gasteiger partial charge in [-0.3, -0.25) is 9.89 Å². The SMILES string of the molecule is [2H]C([2H])([2H])C(COc1ccn(-c2ccc(C(=O)NS(=O)(=O)c3cn[nH]c3C)c(N3C[C@@H](C)CC3(C)C)n2)n1)(C([2H])([2H])[2H])C(F)(F)F. The number of H-pyrrole nitrogens is 1. The number of nitrogens with zero attached hydrogens (tertiary/aromatic N) is 5. The lowest BCUT2D eigenvalue weighted by molar-refractivity contribution is -0.219. The van der Waals surface area contributed by atoms with E-state index in [4.69, 9.17) is 13.0 Å². The highest BCUT2D eigenvalue weighted by Gasteiger charge is 2.48. The van der Waals surface area contributed by atoms with Crippen LogP contribution in [-0.2, 0) is 10.0 Å². The van der Waals surface area contributed by atoms with Crippen LogP contribution in [0.25, 0.3) is 5.82 Å². The van der Waals surface area contributed by atoms with E-state index in [9.17, 15) is 26.4 Å². The van der Waals surface area contributed by atoms with E-state index in [1.54, 1.807) is 0 Å². The molecule has 1 atom stereocenters. The van der Waals surface area contributed by atoms with Gasteiger partial charge in [-0.15, -0.1) is 5.10 Å². The highest BCUT2D eigenvalue weighted by Crippen LogP contribution is 2.39. The molecule has 0 aliphatic carbocycles. The number of pyridine rings is 1. The molecule has 0 bridgehead atoms. The molecule has 1 aliphatic heterocycles. The molecule has 1 fully saturated rings. The average molecular weight is 590 g/mol. The van der Waals surface area contributed by atoms with E-state index in [1.165, 1.54) is 25.3 Å². The predicted octanol–water partition coefficient (Wildman–Crippen LogP) is 4.01. The molecular formula is C25H32F3N7O4S. The highest BCUT2D eigenvalue weighted by atomic mass is 32.2. The molecule has 1 amide bonds. The Balaban J connectivity index is 1.71. The molecule has 15 heteroatoms. The average Bonchev–Trinajstić information content (AvgIpc) is 3.59. The summed E-state index contributed by atoms with van der Waals surface area (Å²) < 4.78 is 121. The normalized spacial score (nSPS) is 20.6. The summed E-state index contributed by atoms with van der Waals surface area (Å²) in [6, 6.07) is 3.70. The summed E-state index contributed by atoms with van der Waals surface area (Å²) in [5.74, 6) is -1.19. The Labute approximate surface area is 238 Å². The van der Waals surface area contributed by atoms with E-state index < -0.39 is 59.3 Å². The first-order valence-corrected chi connectivity index (χ1v) is 13.5. The third kappa shape index (κ3) is 5.78. The van der Waals surface area contributed by atoms with E-state index in [0.29, 0.717) is 13.0 Å². The molecule has 0 unspecified atom stereocenters. The smallest absolute Gasteiger partial charge is 0.397 e. The van der Waals surface area contributed by atoms with E-state index in [0.717, 1.165) is 16.9 Å². The van der Waals surface area contributed by atoms with Gasteiger partial charge in [0.15, 0.2) is 5.82 Å². The molecule has 40 heavy (non-hydrogen) atoms. The first-order chi connectivity index (χ1) is 20.9. The molecule has 0 aromatic carbocycles. The fourth-order valence-corrected chi connectivity index (χ4v) is 5.63. The van der Waals surface area contributed by atoms with Crippen molar-refractivity contribution >= 4 is 21.7 Å². The largest absolute Gasteiger partial charge is 0.476 e. The van der Waals surface area contributed by atoms with Gasteiger partial charge >= 0.3 is 6.18 Å². The van der Waals surface area contributed by atoms with Crippen LogP contribution < -0.4 is 14.4 Å². The van der Waals surface area contributed by atoms with Crippen molar-refractivity contribution in [2.24, 2.45) is 11.3 Å². The number of carbonyl (C=O) groups is 1. The van der Waals surface area contributed by atoms with Crippen LogP contribution in [0.15, 0.2) is 35.5 Å². The van der Waals surface area contributed by atoms with Crippen molar-refractivity contribution in [2.75, 3.05) is 18.1 Å². The van der Waals surface area contributed by atoms with Crippen LogP contribution in [0.5, 0.6) is 5.88 Å². The lowest BCUT2D eigenvalue weighted by Crippen LogP contribution is -2.41. The number of halogens is 3. The lowest BCUT2D eigenvalue weighted by Gasteiger charge is -2.34. The fourth-order valence-electron chi connectivity index (χ4n) is 4.53. The zero-order chi connectivity index (χ0) is 34.7. The molecule has 218 valence electrons. The molecule has 2 N–H and O–H groups in total. The van der Waals surface area contributed by atoms with Gasteiger partial charge in [0.25, 0.3) is 15.9 Å². The summed E-state index contributed by atoms with van der Waals surface area (Å²) in [4.78, 5) is 19.6. The van der Waals surface area contributed by atoms with Gasteiger partial charge in [0, 0.05) is 32.6 Å². The molecule has 4 rings (SSSR count). The number of carbonyl (C=O) groups excluding carboxylic acids is 1. The Bertz CT molecular complexity index is 1690. The first kappa shape index (κ1) is 22.1. The predicted molar refractivity (Wildman–Crippen MR) is 140 cm³/mol. The van der Waals surface area contributed by atoms with Gasteiger partial charge in [0.05, 0.1) is 22.9 Å². The Morgan fingerprint density at radius 3 is 2.60 bits per heavy atom. The lowest BCUT2D eigenvalue weighted by atomic mass is 9.94. The van der Waals surface area contributed by atoms with E-state index in [-0.39, 0.29) is 33.7 Å². The number of alkyl halides is 3. The number of aromatic nitrogens is 5. The fraction of sp³-hybridized carbons (Fsp3) is 0.520. The summed E-state index contributed by atoms with van der Waals surface area (Å²) in [5, 5.41) is 10.2. The summed E-state index contributed by atoms with van der Waals surface area (Å²) >= 11 is 0. The number of aryl methyl sites for hydroxylation is 1. The minimum atomic E-state index is -5.69. The van der Waals surface area contributed by atoms with Gasteiger partial charge in [-0.25, -0.2) is 22.8 Å². The van der Waals surface area contributed by atoms with Crippen molar-refractivity contribution in [3.8, 4) is 11.7 Å². The van der Waals surface area contributed by atoms with Crippen LogP contribution in [0.4, 0.5) is 19.0 Å². The monoisotopic (exact) mass is 589 g/mol. The van der Waals surface area contributed by atoms with Gasteiger partial charge in [0.1, 0.15) is 17.3 Å². The zero-order valence-corrected chi connectivity index (χ0v) is 22.8. The summed E-state index contributed by atoms with van der Waals surface area (Å²) in [7, 11) is -4.32. The second kappa shape index (κ2) is 10.1. The van der Waals surface area contributed by atoms with Crippen molar-refractivity contribution in [2.45, 2.75) is 64.4 Å². The van der Waals surface area contributed by atoms with Crippen molar-refractivity contribution in [1.29, 1.82) is 0 Å². The number of hydrogen-bond acceptors (Lipinski definition) is 8. The topological polar surface area (TPSA) is 135 Å². The molecule has 4 heterocycles. The first-order valence-electron chi connectivity index (χ1n) is 15.0. The van der Waals surface area contributed by atoms with Gasteiger partial charge in [-0.1, -0.05) is 6.92 Å². The van der Waals surface area contributed by atoms with E-state index >= 15 is 0 Å². The molecule has 0 spiro atoms.